The van der Waals surface area contributed by atoms with E-state index in [4.69, 9.17) is 4.74 Å². The van der Waals surface area contributed by atoms with Crippen molar-refractivity contribution < 1.29 is 4.74 Å². The summed E-state index contributed by atoms with van der Waals surface area (Å²) in [4.78, 5) is 0. The number of benzene rings is 2. The first kappa shape index (κ1) is 19.2. The van der Waals surface area contributed by atoms with Crippen molar-refractivity contribution in [2.75, 3.05) is 6.61 Å². The van der Waals surface area contributed by atoms with Gasteiger partial charge in [-0.3, -0.25) is 0 Å². The average Bonchev–Trinajstić information content (AvgIpc) is 2.66. The summed E-state index contributed by atoms with van der Waals surface area (Å²) in [7, 11) is 0. The van der Waals surface area contributed by atoms with Gasteiger partial charge in [-0.15, -0.1) is 0 Å². The molecule has 25 heavy (non-hydrogen) atoms. The molecular weight excluding hydrogens is 308 g/mol. The molecule has 0 radical (unpaired) electrons. The fourth-order valence-corrected chi connectivity index (χ4v) is 2.54. The third-order valence-corrected chi connectivity index (χ3v) is 4.14. The van der Waals surface area contributed by atoms with Gasteiger partial charge in [-0.2, -0.15) is 10.2 Å². The maximum absolute atomic E-state index is 5.65. The Hall–Kier alpha value is -2.16. The zero-order valence-corrected chi connectivity index (χ0v) is 15.6. The van der Waals surface area contributed by atoms with Crippen molar-refractivity contribution in [1.29, 1.82) is 0 Å². The summed E-state index contributed by atoms with van der Waals surface area (Å²) >= 11 is 0. The fraction of sp³-hybridized carbons (Fsp3) is 0.455. The Morgan fingerprint density at radius 2 is 1.28 bits per heavy atom. The first-order chi connectivity index (χ1) is 12.3. The molecule has 3 nitrogen and oxygen atoms in total. The van der Waals surface area contributed by atoms with Gasteiger partial charge in [0.25, 0.3) is 0 Å². The molecule has 0 atom stereocenters. The van der Waals surface area contributed by atoms with Crippen molar-refractivity contribution >= 4 is 11.4 Å². The molecule has 0 N–H and O–H groups in total. The lowest BCUT2D eigenvalue weighted by Crippen LogP contribution is -1.95. The van der Waals surface area contributed by atoms with E-state index in [2.05, 4.69) is 36.2 Å². The summed E-state index contributed by atoms with van der Waals surface area (Å²) in [6.45, 7) is 5.17. The molecule has 0 spiro atoms. The predicted octanol–water partition coefficient (Wildman–Crippen LogP) is 7.40. The number of aryl methyl sites for hydroxylation is 1. The second-order valence-electron chi connectivity index (χ2n) is 6.37. The second-order valence-corrected chi connectivity index (χ2v) is 6.37. The number of rotatable bonds is 11. The first-order valence-electron chi connectivity index (χ1n) is 9.55. The van der Waals surface area contributed by atoms with E-state index in [1.807, 2.05) is 36.4 Å². The molecule has 2 aromatic carbocycles. The van der Waals surface area contributed by atoms with Gasteiger partial charge in [0.05, 0.1) is 18.0 Å². The van der Waals surface area contributed by atoms with Crippen LogP contribution >= 0.6 is 0 Å². The van der Waals surface area contributed by atoms with Crippen molar-refractivity contribution in [3.05, 3.63) is 54.1 Å². The van der Waals surface area contributed by atoms with E-state index in [1.165, 1.54) is 31.2 Å². The van der Waals surface area contributed by atoms with E-state index >= 15 is 0 Å². The number of nitrogens with zero attached hydrogens (tertiary/aromatic N) is 2. The van der Waals surface area contributed by atoms with Crippen molar-refractivity contribution in [2.24, 2.45) is 10.2 Å². The van der Waals surface area contributed by atoms with Crippen LogP contribution in [-0.2, 0) is 6.42 Å². The fourth-order valence-electron chi connectivity index (χ4n) is 2.54. The summed E-state index contributed by atoms with van der Waals surface area (Å²) < 4.78 is 5.65. The molecule has 0 aliphatic carbocycles. The van der Waals surface area contributed by atoms with Crippen LogP contribution in [0.1, 0.15) is 57.9 Å². The molecule has 0 bridgehead atoms. The molecule has 3 heteroatoms. The van der Waals surface area contributed by atoms with Gasteiger partial charge in [0.2, 0.25) is 0 Å². The van der Waals surface area contributed by atoms with Gasteiger partial charge >= 0.3 is 0 Å². The molecule has 0 saturated carbocycles. The van der Waals surface area contributed by atoms with E-state index in [9.17, 15) is 0 Å². The minimum atomic E-state index is 0.766. The van der Waals surface area contributed by atoms with Gasteiger partial charge in [0.15, 0.2) is 0 Å². The van der Waals surface area contributed by atoms with E-state index < -0.39 is 0 Å². The van der Waals surface area contributed by atoms with Crippen LogP contribution in [0.5, 0.6) is 5.75 Å². The van der Waals surface area contributed by atoms with Crippen LogP contribution in [0.25, 0.3) is 0 Å². The summed E-state index contributed by atoms with van der Waals surface area (Å²) in [5, 5.41) is 8.62. The highest BCUT2D eigenvalue weighted by Gasteiger charge is 1.97. The maximum atomic E-state index is 5.65. The van der Waals surface area contributed by atoms with Gasteiger partial charge in [0, 0.05) is 0 Å². The average molecular weight is 338 g/mol. The Balaban J connectivity index is 1.82. The van der Waals surface area contributed by atoms with Gasteiger partial charge in [0.1, 0.15) is 5.75 Å². The lowest BCUT2D eigenvalue weighted by molar-refractivity contribution is 0.309. The van der Waals surface area contributed by atoms with Crippen LogP contribution in [-0.4, -0.2) is 6.61 Å². The van der Waals surface area contributed by atoms with Gasteiger partial charge < -0.3 is 4.74 Å². The number of azo groups is 1. The summed E-state index contributed by atoms with van der Waals surface area (Å²) in [5.74, 6) is 0.889. The molecule has 134 valence electrons. The standard InChI is InChI=1S/C22H30N2O/c1-3-5-7-8-9-19-10-12-20(13-11-19)23-24-21-14-16-22(17-15-21)25-18-6-4-2/h10-17H,3-9,18H2,1-2H3. The Kier molecular flexibility index (Phi) is 8.74. The van der Waals surface area contributed by atoms with Gasteiger partial charge in [-0.1, -0.05) is 51.7 Å². The quantitative estimate of drug-likeness (QED) is 0.310. The van der Waals surface area contributed by atoms with E-state index in [1.54, 1.807) is 0 Å². The molecule has 2 rings (SSSR count). The summed E-state index contributed by atoms with van der Waals surface area (Å²) in [6, 6.07) is 16.2. The largest absolute Gasteiger partial charge is 0.494 e. The van der Waals surface area contributed by atoms with Crippen molar-refractivity contribution in [1.82, 2.24) is 0 Å². The molecule has 0 aliphatic rings. The van der Waals surface area contributed by atoms with Crippen LogP contribution in [0.3, 0.4) is 0 Å². The Morgan fingerprint density at radius 1 is 0.680 bits per heavy atom. The lowest BCUT2D eigenvalue weighted by Gasteiger charge is -2.04. The van der Waals surface area contributed by atoms with Gasteiger partial charge in [-0.05, 0) is 61.2 Å². The highest BCUT2D eigenvalue weighted by Crippen LogP contribution is 2.22. The minimum absolute atomic E-state index is 0.766. The van der Waals surface area contributed by atoms with E-state index in [0.717, 1.165) is 43.0 Å². The van der Waals surface area contributed by atoms with Crippen LogP contribution < -0.4 is 4.74 Å². The molecule has 0 amide bonds. The third kappa shape index (κ3) is 7.51. The molecule has 0 heterocycles. The van der Waals surface area contributed by atoms with Crippen molar-refractivity contribution in [3.63, 3.8) is 0 Å². The number of hydrogen-bond donors (Lipinski definition) is 0. The zero-order chi connectivity index (χ0) is 17.7. The normalized spacial score (nSPS) is 11.1. The SMILES string of the molecule is CCCCCCc1ccc(N=Nc2ccc(OCCCC)cc2)cc1. The first-order valence-corrected chi connectivity index (χ1v) is 9.55. The van der Waals surface area contributed by atoms with E-state index in [-0.39, 0.29) is 0 Å². The van der Waals surface area contributed by atoms with E-state index in [0.29, 0.717) is 0 Å². The van der Waals surface area contributed by atoms with Crippen molar-refractivity contribution in [2.45, 2.75) is 58.8 Å². The van der Waals surface area contributed by atoms with Gasteiger partial charge in [-0.25, -0.2) is 0 Å². The maximum Gasteiger partial charge on any atom is 0.119 e. The van der Waals surface area contributed by atoms with Crippen LogP contribution in [0.4, 0.5) is 11.4 Å². The number of ether oxygens (including phenoxy) is 1. The monoisotopic (exact) mass is 338 g/mol. The second kappa shape index (κ2) is 11.4. The Bertz CT molecular complexity index is 617. The summed E-state index contributed by atoms with van der Waals surface area (Å²) in [6.07, 6.45) is 8.56. The minimum Gasteiger partial charge on any atom is -0.494 e. The molecule has 0 saturated heterocycles. The molecule has 0 aliphatic heterocycles. The number of unbranched alkanes of at least 4 members (excludes halogenated alkanes) is 4. The molecular formula is C22H30N2O. The smallest absolute Gasteiger partial charge is 0.119 e. The zero-order valence-electron chi connectivity index (χ0n) is 15.6. The highest BCUT2D eigenvalue weighted by molar-refractivity contribution is 5.43. The predicted molar refractivity (Wildman–Crippen MR) is 105 cm³/mol. The van der Waals surface area contributed by atoms with Crippen LogP contribution in [0.2, 0.25) is 0 Å². The third-order valence-electron chi connectivity index (χ3n) is 4.14. The molecule has 2 aromatic rings. The van der Waals surface area contributed by atoms with Crippen molar-refractivity contribution in [3.8, 4) is 5.75 Å². The number of hydrogen-bond acceptors (Lipinski definition) is 3. The molecule has 0 fully saturated rings. The molecule has 0 aromatic heterocycles. The van der Waals surface area contributed by atoms with Crippen LogP contribution in [0, 0.1) is 0 Å². The Labute approximate surface area is 152 Å². The topological polar surface area (TPSA) is 34.0 Å². The Morgan fingerprint density at radius 3 is 1.88 bits per heavy atom. The summed E-state index contributed by atoms with van der Waals surface area (Å²) in [5.41, 5.74) is 3.11. The molecule has 0 unspecified atom stereocenters. The highest BCUT2D eigenvalue weighted by atomic mass is 16.5. The van der Waals surface area contributed by atoms with Crippen LogP contribution in [0.15, 0.2) is 58.8 Å². The lowest BCUT2D eigenvalue weighted by atomic mass is 10.1.